The molecule has 0 aliphatic carbocycles. The molecule has 0 fully saturated rings. The second kappa shape index (κ2) is 5.17. The zero-order chi connectivity index (χ0) is 13.9. The van der Waals surface area contributed by atoms with Crippen LogP contribution in [-0.4, -0.2) is 16.7 Å². The highest BCUT2D eigenvalue weighted by Gasteiger charge is 2.23. The van der Waals surface area contributed by atoms with Gasteiger partial charge in [-0.15, -0.1) is 0 Å². The van der Waals surface area contributed by atoms with Crippen LogP contribution in [0.4, 0.5) is 14.5 Å². The number of halogens is 2. The van der Waals surface area contributed by atoms with Gasteiger partial charge in [-0.05, 0) is 6.07 Å². The molecule has 0 unspecified atom stereocenters. The Bertz CT molecular complexity index is 533. The normalized spacial score (nSPS) is 9.72. The molecule has 0 aliphatic heterocycles. The van der Waals surface area contributed by atoms with Gasteiger partial charge in [0.15, 0.2) is 11.6 Å². The summed E-state index contributed by atoms with van der Waals surface area (Å²) in [7, 11) is 0. The van der Waals surface area contributed by atoms with Gasteiger partial charge >= 0.3 is 0 Å². The summed E-state index contributed by atoms with van der Waals surface area (Å²) in [6.45, 7) is 1.08. The molecular formula is C9H7F2N3O4. The van der Waals surface area contributed by atoms with Gasteiger partial charge in [0.1, 0.15) is 5.56 Å². The van der Waals surface area contributed by atoms with E-state index in [1.54, 1.807) is 0 Å². The molecular weight excluding hydrogens is 252 g/mol. The van der Waals surface area contributed by atoms with Crippen LogP contribution in [0.5, 0.6) is 0 Å². The van der Waals surface area contributed by atoms with Crippen LogP contribution in [0.3, 0.4) is 0 Å². The SMILES string of the molecule is CC(=O)NNC(=O)c1cc(F)c(F)cc1[N+](=O)[O-]. The number of rotatable bonds is 2. The average molecular weight is 259 g/mol. The Kier molecular flexibility index (Phi) is 3.87. The molecule has 1 rings (SSSR count). The first-order valence-corrected chi connectivity index (χ1v) is 4.53. The number of nitro groups is 1. The fraction of sp³-hybridized carbons (Fsp3) is 0.111. The number of benzene rings is 1. The molecule has 0 radical (unpaired) electrons. The van der Waals surface area contributed by atoms with E-state index in [0.717, 1.165) is 6.92 Å². The zero-order valence-electron chi connectivity index (χ0n) is 8.99. The van der Waals surface area contributed by atoms with Crippen molar-refractivity contribution in [2.45, 2.75) is 6.92 Å². The molecule has 0 spiro atoms. The van der Waals surface area contributed by atoms with Crippen LogP contribution in [0.2, 0.25) is 0 Å². The van der Waals surface area contributed by atoms with Crippen molar-refractivity contribution in [2.75, 3.05) is 0 Å². The molecule has 0 bridgehead atoms. The van der Waals surface area contributed by atoms with Crippen molar-refractivity contribution in [2.24, 2.45) is 0 Å². The van der Waals surface area contributed by atoms with Gasteiger partial charge in [0.25, 0.3) is 11.6 Å². The summed E-state index contributed by atoms with van der Waals surface area (Å²) in [5.41, 5.74) is 2.07. The highest BCUT2D eigenvalue weighted by molar-refractivity contribution is 5.98. The van der Waals surface area contributed by atoms with E-state index in [0.29, 0.717) is 6.07 Å². The fourth-order valence-corrected chi connectivity index (χ4v) is 1.08. The molecule has 1 aromatic carbocycles. The largest absolute Gasteiger partial charge is 0.285 e. The van der Waals surface area contributed by atoms with Gasteiger partial charge in [-0.2, -0.15) is 0 Å². The summed E-state index contributed by atoms with van der Waals surface area (Å²) in [4.78, 5) is 31.5. The van der Waals surface area contributed by atoms with E-state index >= 15 is 0 Å². The smallest absolute Gasteiger partial charge is 0.274 e. The van der Waals surface area contributed by atoms with Gasteiger partial charge in [0.2, 0.25) is 5.91 Å². The van der Waals surface area contributed by atoms with Crippen LogP contribution < -0.4 is 10.9 Å². The van der Waals surface area contributed by atoms with E-state index < -0.39 is 39.6 Å². The number of carbonyl (C=O) groups is 2. The molecule has 0 atom stereocenters. The van der Waals surface area contributed by atoms with E-state index in [2.05, 4.69) is 0 Å². The van der Waals surface area contributed by atoms with Crippen molar-refractivity contribution in [1.29, 1.82) is 0 Å². The first-order valence-electron chi connectivity index (χ1n) is 4.53. The Balaban J connectivity index is 3.13. The number of hydrogen-bond acceptors (Lipinski definition) is 4. The summed E-state index contributed by atoms with van der Waals surface area (Å²) < 4.78 is 25.7. The Morgan fingerprint density at radius 3 is 2.28 bits per heavy atom. The number of nitrogens with one attached hydrogen (secondary N) is 2. The van der Waals surface area contributed by atoms with Crippen molar-refractivity contribution in [1.82, 2.24) is 10.9 Å². The number of nitrogens with zero attached hydrogens (tertiary/aromatic N) is 1. The molecule has 0 saturated heterocycles. The van der Waals surface area contributed by atoms with Gasteiger partial charge in [-0.1, -0.05) is 0 Å². The van der Waals surface area contributed by atoms with E-state index in [9.17, 15) is 28.5 Å². The maximum atomic E-state index is 12.9. The zero-order valence-corrected chi connectivity index (χ0v) is 8.99. The maximum absolute atomic E-state index is 12.9. The third-order valence-corrected chi connectivity index (χ3v) is 1.83. The molecule has 2 amide bonds. The fourth-order valence-electron chi connectivity index (χ4n) is 1.08. The van der Waals surface area contributed by atoms with Crippen molar-refractivity contribution < 1.29 is 23.3 Å². The highest BCUT2D eigenvalue weighted by Crippen LogP contribution is 2.21. The van der Waals surface area contributed by atoms with Gasteiger partial charge in [-0.25, -0.2) is 8.78 Å². The van der Waals surface area contributed by atoms with Gasteiger partial charge in [0, 0.05) is 6.92 Å². The van der Waals surface area contributed by atoms with Crippen molar-refractivity contribution in [3.8, 4) is 0 Å². The standard InChI is InChI=1S/C9H7F2N3O4/c1-4(15)12-13-9(16)5-2-6(10)7(11)3-8(5)14(17)18/h2-3H,1H3,(H,12,15)(H,13,16). The van der Waals surface area contributed by atoms with Gasteiger partial charge in [-0.3, -0.25) is 30.6 Å². The molecule has 0 heterocycles. The molecule has 7 nitrogen and oxygen atoms in total. The highest BCUT2D eigenvalue weighted by atomic mass is 19.2. The lowest BCUT2D eigenvalue weighted by Crippen LogP contribution is -2.40. The van der Waals surface area contributed by atoms with Gasteiger partial charge in [0.05, 0.1) is 11.0 Å². The Morgan fingerprint density at radius 2 is 1.78 bits per heavy atom. The van der Waals surface area contributed by atoms with E-state index in [1.165, 1.54) is 0 Å². The van der Waals surface area contributed by atoms with Crippen molar-refractivity contribution >= 4 is 17.5 Å². The summed E-state index contributed by atoms with van der Waals surface area (Å²) in [5, 5.41) is 10.6. The summed E-state index contributed by atoms with van der Waals surface area (Å²) in [6, 6.07) is 0.669. The second-order valence-corrected chi connectivity index (χ2v) is 3.18. The van der Waals surface area contributed by atoms with Crippen LogP contribution in [-0.2, 0) is 4.79 Å². The molecule has 18 heavy (non-hydrogen) atoms. The molecule has 9 heteroatoms. The summed E-state index contributed by atoms with van der Waals surface area (Å²) >= 11 is 0. The lowest BCUT2D eigenvalue weighted by Gasteiger charge is -2.06. The Hall–Kier alpha value is -2.58. The predicted molar refractivity (Wildman–Crippen MR) is 54.3 cm³/mol. The van der Waals surface area contributed by atoms with Crippen molar-refractivity contribution in [3.05, 3.63) is 39.4 Å². The maximum Gasteiger partial charge on any atom is 0.285 e. The van der Waals surface area contributed by atoms with Crippen LogP contribution in [0.15, 0.2) is 12.1 Å². The molecule has 0 aliphatic rings. The topological polar surface area (TPSA) is 101 Å². The Labute approximate surface area is 98.9 Å². The first-order chi connectivity index (χ1) is 8.32. The number of carbonyl (C=O) groups excluding carboxylic acids is 2. The number of nitro benzene ring substituents is 1. The summed E-state index contributed by atoms with van der Waals surface area (Å²) in [5.74, 6) is -4.62. The van der Waals surface area contributed by atoms with Crippen LogP contribution in [0.25, 0.3) is 0 Å². The second-order valence-electron chi connectivity index (χ2n) is 3.18. The molecule has 96 valence electrons. The minimum absolute atomic E-state index is 0.290. The molecule has 2 N–H and O–H groups in total. The summed E-state index contributed by atoms with van der Waals surface area (Å²) in [6.07, 6.45) is 0. The van der Waals surface area contributed by atoms with Crippen LogP contribution in [0.1, 0.15) is 17.3 Å². The van der Waals surface area contributed by atoms with Gasteiger partial charge < -0.3 is 0 Å². The number of hydrogen-bond donors (Lipinski definition) is 2. The quantitative estimate of drug-likeness (QED) is 0.601. The predicted octanol–water partition coefficient (Wildman–Crippen LogP) is 0.654. The van der Waals surface area contributed by atoms with E-state index in [4.69, 9.17) is 0 Å². The number of hydrazine groups is 1. The molecule has 0 aromatic heterocycles. The molecule has 0 saturated carbocycles. The lowest BCUT2D eigenvalue weighted by molar-refractivity contribution is -0.385. The average Bonchev–Trinajstić information content (AvgIpc) is 2.28. The number of amides is 2. The molecule has 1 aromatic rings. The minimum atomic E-state index is -1.45. The monoisotopic (exact) mass is 259 g/mol. The van der Waals surface area contributed by atoms with E-state index in [-0.39, 0.29) is 6.07 Å². The van der Waals surface area contributed by atoms with Crippen LogP contribution in [0, 0.1) is 21.7 Å². The third kappa shape index (κ3) is 2.97. The van der Waals surface area contributed by atoms with Crippen LogP contribution >= 0.6 is 0 Å². The minimum Gasteiger partial charge on any atom is -0.274 e. The lowest BCUT2D eigenvalue weighted by atomic mass is 10.1. The Morgan fingerprint density at radius 1 is 1.22 bits per heavy atom. The van der Waals surface area contributed by atoms with E-state index in [1.807, 2.05) is 10.9 Å². The third-order valence-electron chi connectivity index (χ3n) is 1.83. The first kappa shape index (κ1) is 13.5. The van der Waals surface area contributed by atoms with Crippen molar-refractivity contribution in [3.63, 3.8) is 0 Å².